The molecule has 1 aromatic rings. The summed E-state index contributed by atoms with van der Waals surface area (Å²) in [6, 6.07) is 3.02. The molecule has 0 radical (unpaired) electrons. The van der Waals surface area contributed by atoms with Crippen LogP contribution in [0.3, 0.4) is 0 Å². The molecule has 1 saturated heterocycles. The molecule has 0 aliphatic carbocycles. The van der Waals surface area contributed by atoms with E-state index in [1.807, 2.05) is 0 Å². The highest BCUT2D eigenvalue weighted by Crippen LogP contribution is 2.26. The third-order valence-electron chi connectivity index (χ3n) is 3.10. The van der Waals surface area contributed by atoms with Gasteiger partial charge < -0.3 is 15.7 Å². The van der Waals surface area contributed by atoms with Gasteiger partial charge in [-0.25, -0.2) is 8.78 Å². The van der Waals surface area contributed by atoms with Crippen LogP contribution in [0.15, 0.2) is 12.1 Å². The van der Waals surface area contributed by atoms with Crippen molar-refractivity contribution in [3.8, 4) is 0 Å². The zero-order valence-corrected chi connectivity index (χ0v) is 9.50. The number of rotatable bonds is 2. The Morgan fingerprint density at radius 1 is 1.35 bits per heavy atom. The Labute approximate surface area is 98.8 Å². The summed E-state index contributed by atoms with van der Waals surface area (Å²) in [5, 5.41) is 9.52. The number of nitrogens with zero attached hydrogens (tertiary/aromatic N) is 1. The number of anilines is 1. The molecule has 1 heterocycles. The minimum atomic E-state index is -0.884. The van der Waals surface area contributed by atoms with Gasteiger partial charge in [-0.3, -0.25) is 0 Å². The Morgan fingerprint density at radius 2 is 2.12 bits per heavy atom. The lowest BCUT2D eigenvalue weighted by Gasteiger charge is -2.32. The average Bonchev–Trinajstić information content (AvgIpc) is 2.32. The van der Waals surface area contributed by atoms with Crippen molar-refractivity contribution in [1.82, 2.24) is 0 Å². The van der Waals surface area contributed by atoms with Gasteiger partial charge in [0.2, 0.25) is 0 Å². The second kappa shape index (κ2) is 4.98. The number of β-amino-alcohol motifs (C(OH)–C–C–N with tert-alkyl or cyclic N) is 1. The first-order chi connectivity index (χ1) is 8.13. The monoisotopic (exact) mass is 242 g/mol. The molecule has 0 amide bonds. The SMILES string of the molecule is NCc1ccc(N2CCCC(O)C2)c(F)c1F. The minimum Gasteiger partial charge on any atom is -0.391 e. The molecule has 1 aliphatic heterocycles. The molecule has 1 fully saturated rings. The number of piperidine rings is 1. The Morgan fingerprint density at radius 3 is 2.76 bits per heavy atom. The summed E-state index contributed by atoms with van der Waals surface area (Å²) >= 11 is 0. The van der Waals surface area contributed by atoms with Crippen LogP contribution in [0.1, 0.15) is 18.4 Å². The molecule has 1 aromatic carbocycles. The van der Waals surface area contributed by atoms with Gasteiger partial charge in [0.1, 0.15) is 0 Å². The number of nitrogens with two attached hydrogens (primary N) is 1. The first-order valence-corrected chi connectivity index (χ1v) is 5.73. The number of halogens is 2. The topological polar surface area (TPSA) is 49.5 Å². The van der Waals surface area contributed by atoms with Crippen molar-refractivity contribution in [3.63, 3.8) is 0 Å². The molecule has 1 atom stereocenters. The number of hydrogen-bond donors (Lipinski definition) is 2. The number of aliphatic hydroxyl groups excluding tert-OH is 1. The molecule has 0 saturated carbocycles. The summed E-state index contributed by atoms with van der Waals surface area (Å²) < 4.78 is 27.4. The summed E-state index contributed by atoms with van der Waals surface area (Å²) in [5.41, 5.74) is 5.69. The highest BCUT2D eigenvalue weighted by Gasteiger charge is 2.22. The van der Waals surface area contributed by atoms with Gasteiger partial charge in [0.05, 0.1) is 11.8 Å². The van der Waals surface area contributed by atoms with Gasteiger partial charge in [0, 0.05) is 25.2 Å². The van der Waals surface area contributed by atoms with E-state index in [-0.39, 0.29) is 17.8 Å². The lowest BCUT2D eigenvalue weighted by molar-refractivity contribution is 0.154. The van der Waals surface area contributed by atoms with Crippen LogP contribution >= 0.6 is 0 Å². The molecule has 2 rings (SSSR count). The van der Waals surface area contributed by atoms with E-state index < -0.39 is 17.7 Å². The second-order valence-electron chi connectivity index (χ2n) is 4.32. The minimum absolute atomic E-state index is 0.0222. The first-order valence-electron chi connectivity index (χ1n) is 5.73. The Bertz CT molecular complexity index is 412. The predicted octanol–water partition coefficient (Wildman–Crippen LogP) is 1.38. The zero-order chi connectivity index (χ0) is 12.4. The van der Waals surface area contributed by atoms with E-state index in [4.69, 9.17) is 5.73 Å². The Hall–Kier alpha value is -1.20. The molecular weight excluding hydrogens is 226 g/mol. The maximum absolute atomic E-state index is 13.8. The van der Waals surface area contributed by atoms with E-state index in [0.29, 0.717) is 19.5 Å². The van der Waals surface area contributed by atoms with Crippen molar-refractivity contribution in [2.75, 3.05) is 18.0 Å². The Kier molecular flexibility index (Phi) is 3.59. The van der Waals surface area contributed by atoms with Gasteiger partial charge in [-0.05, 0) is 18.9 Å². The molecule has 5 heteroatoms. The fourth-order valence-electron chi connectivity index (χ4n) is 2.15. The van der Waals surface area contributed by atoms with E-state index in [0.717, 1.165) is 6.42 Å². The van der Waals surface area contributed by atoms with Crippen LogP contribution in [0.4, 0.5) is 14.5 Å². The maximum atomic E-state index is 13.8. The van der Waals surface area contributed by atoms with Crippen molar-refractivity contribution in [2.24, 2.45) is 5.73 Å². The van der Waals surface area contributed by atoms with E-state index >= 15 is 0 Å². The summed E-state index contributed by atoms with van der Waals surface area (Å²) in [6.45, 7) is 0.958. The highest BCUT2D eigenvalue weighted by atomic mass is 19.2. The summed E-state index contributed by atoms with van der Waals surface area (Å²) in [6.07, 6.45) is 1.02. The highest BCUT2D eigenvalue weighted by molar-refractivity contribution is 5.50. The molecule has 0 aromatic heterocycles. The van der Waals surface area contributed by atoms with Crippen molar-refractivity contribution in [2.45, 2.75) is 25.5 Å². The van der Waals surface area contributed by atoms with Crippen molar-refractivity contribution in [1.29, 1.82) is 0 Å². The van der Waals surface area contributed by atoms with E-state index in [2.05, 4.69) is 0 Å². The normalized spacial score (nSPS) is 20.7. The molecule has 0 bridgehead atoms. The molecule has 1 unspecified atom stereocenters. The van der Waals surface area contributed by atoms with Gasteiger partial charge in [-0.15, -0.1) is 0 Å². The number of hydrogen-bond acceptors (Lipinski definition) is 3. The van der Waals surface area contributed by atoms with Crippen LogP contribution < -0.4 is 10.6 Å². The molecule has 17 heavy (non-hydrogen) atoms. The smallest absolute Gasteiger partial charge is 0.182 e. The Balaban J connectivity index is 2.29. The third-order valence-corrected chi connectivity index (χ3v) is 3.10. The van der Waals surface area contributed by atoms with Crippen molar-refractivity contribution >= 4 is 5.69 Å². The van der Waals surface area contributed by atoms with E-state index in [1.165, 1.54) is 12.1 Å². The predicted molar refractivity (Wildman–Crippen MR) is 61.7 cm³/mol. The van der Waals surface area contributed by atoms with Crippen LogP contribution in [-0.2, 0) is 6.54 Å². The largest absolute Gasteiger partial charge is 0.391 e. The average molecular weight is 242 g/mol. The standard InChI is InChI=1S/C12H16F2N2O/c13-11-8(6-15)3-4-10(12(11)14)16-5-1-2-9(17)7-16/h3-4,9,17H,1-2,5-7,15H2. The van der Waals surface area contributed by atoms with Crippen molar-refractivity contribution < 1.29 is 13.9 Å². The lowest BCUT2D eigenvalue weighted by Crippen LogP contribution is -2.38. The molecular formula is C12H16F2N2O. The van der Waals surface area contributed by atoms with Gasteiger partial charge in [-0.2, -0.15) is 0 Å². The zero-order valence-electron chi connectivity index (χ0n) is 9.50. The van der Waals surface area contributed by atoms with Crippen LogP contribution in [0, 0.1) is 11.6 Å². The van der Waals surface area contributed by atoms with Gasteiger partial charge in [0.15, 0.2) is 11.6 Å². The van der Waals surface area contributed by atoms with Gasteiger partial charge in [0.25, 0.3) is 0 Å². The first kappa shape index (κ1) is 12.3. The second-order valence-corrected chi connectivity index (χ2v) is 4.32. The molecule has 94 valence electrons. The third kappa shape index (κ3) is 2.40. The quantitative estimate of drug-likeness (QED) is 0.823. The van der Waals surface area contributed by atoms with Gasteiger partial charge >= 0.3 is 0 Å². The fourth-order valence-corrected chi connectivity index (χ4v) is 2.15. The van der Waals surface area contributed by atoms with Crippen LogP contribution in [-0.4, -0.2) is 24.3 Å². The van der Waals surface area contributed by atoms with Crippen molar-refractivity contribution in [3.05, 3.63) is 29.3 Å². The molecule has 3 N–H and O–H groups in total. The summed E-state index contributed by atoms with van der Waals surface area (Å²) in [4.78, 5) is 1.67. The molecule has 0 spiro atoms. The van der Waals surface area contributed by atoms with E-state index in [1.54, 1.807) is 4.90 Å². The van der Waals surface area contributed by atoms with E-state index in [9.17, 15) is 13.9 Å². The lowest BCUT2D eigenvalue weighted by atomic mass is 10.1. The maximum Gasteiger partial charge on any atom is 0.182 e. The number of benzene rings is 1. The van der Waals surface area contributed by atoms with Crippen LogP contribution in [0.25, 0.3) is 0 Å². The van der Waals surface area contributed by atoms with Crippen LogP contribution in [0.5, 0.6) is 0 Å². The van der Waals surface area contributed by atoms with Crippen LogP contribution in [0.2, 0.25) is 0 Å². The number of aliphatic hydroxyl groups is 1. The summed E-state index contributed by atoms with van der Waals surface area (Å²) in [5.74, 6) is -1.76. The summed E-state index contributed by atoms with van der Waals surface area (Å²) in [7, 11) is 0. The molecule has 3 nitrogen and oxygen atoms in total. The molecule has 1 aliphatic rings. The fraction of sp³-hybridized carbons (Fsp3) is 0.500. The van der Waals surface area contributed by atoms with Gasteiger partial charge in [-0.1, -0.05) is 6.07 Å².